The lowest BCUT2D eigenvalue weighted by molar-refractivity contribution is -0.201. The van der Waals surface area contributed by atoms with Gasteiger partial charge in [0, 0.05) is 12.6 Å². The standard InChI is InChI=1S/C12H22N2O3/c1-2-5-13-11-9-16-8-10(11)12(15)14-6-3-4-7-17-14/h10-11,13H,2-9H2,1H3. The maximum Gasteiger partial charge on any atom is 0.253 e. The number of nitrogens with zero attached hydrogens (tertiary/aromatic N) is 1. The van der Waals surface area contributed by atoms with Crippen LogP contribution >= 0.6 is 0 Å². The molecule has 0 spiro atoms. The summed E-state index contributed by atoms with van der Waals surface area (Å²) in [6.45, 7) is 5.57. The molecule has 0 aromatic rings. The van der Waals surface area contributed by atoms with Crippen molar-refractivity contribution in [1.82, 2.24) is 10.4 Å². The van der Waals surface area contributed by atoms with Gasteiger partial charge in [0.25, 0.3) is 5.91 Å². The Hall–Kier alpha value is -0.650. The molecule has 1 amide bonds. The van der Waals surface area contributed by atoms with Crippen molar-refractivity contribution in [2.75, 3.05) is 32.9 Å². The van der Waals surface area contributed by atoms with Crippen molar-refractivity contribution < 1.29 is 14.4 Å². The average molecular weight is 242 g/mol. The van der Waals surface area contributed by atoms with Gasteiger partial charge in [-0.25, -0.2) is 5.06 Å². The lowest BCUT2D eigenvalue weighted by atomic mass is 10.0. The molecule has 0 radical (unpaired) electrons. The molecule has 2 heterocycles. The SMILES string of the molecule is CCCNC1COCC1C(=O)N1CCCCO1. The number of hydroxylamine groups is 2. The van der Waals surface area contributed by atoms with Crippen LogP contribution in [0.4, 0.5) is 0 Å². The van der Waals surface area contributed by atoms with E-state index in [1.54, 1.807) is 0 Å². The van der Waals surface area contributed by atoms with E-state index in [2.05, 4.69) is 12.2 Å². The molecule has 0 aromatic carbocycles. The van der Waals surface area contributed by atoms with Crippen LogP contribution in [0.5, 0.6) is 0 Å². The molecule has 0 bridgehead atoms. The normalized spacial score (nSPS) is 29.6. The van der Waals surface area contributed by atoms with Gasteiger partial charge in [0.1, 0.15) is 0 Å². The summed E-state index contributed by atoms with van der Waals surface area (Å²) in [5.41, 5.74) is 0. The van der Waals surface area contributed by atoms with Crippen LogP contribution < -0.4 is 5.32 Å². The third-order valence-electron chi connectivity index (χ3n) is 3.30. The topological polar surface area (TPSA) is 50.8 Å². The van der Waals surface area contributed by atoms with E-state index in [0.29, 0.717) is 19.8 Å². The molecule has 0 aromatic heterocycles. The van der Waals surface area contributed by atoms with E-state index in [-0.39, 0.29) is 17.9 Å². The summed E-state index contributed by atoms with van der Waals surface area (Å²) < 4.78 is 5.41. The van der Waals surface area contributed by atoms with E-state index in [4.69, 9.17) is 9.57 Å². The second-order valence-electron chi connectivity index (χ2n) is 4.69. The quantitative estimate of drug-likeness (QED) is 0.782. The van der Waals surface area contributed by atoms with Crippen molar-refractivity contribution in [3.63, 3.8) is 0 Å². The minimum absolute atomic E-state index is 0.0794. The molecule has 5 heteroatoms. The monoisotopic (exact) mass is 242 g/mol. The van der Waals surface area contributed by atoms with E-state index >= 15 is 0 Å². The van der Waals surface area contributed by atoms with E-state index in [1.807, 2.05) is 0 Å². The van der Waals surface area contributed by atoms with Crippen molar-refractivity contribution in [2.24, 2.45) is 5.92 Å². The minimum atomic E-state index is -0.0837. The molecule has 2 aliphatic heterocycles. The Balaban J connectivity index is 1.88. The predicted molar refractivity (Wildman–Crippen MR) is 63.3 cm³/mol. The number of hydrogen-bond acceptors (Lipinski definition) is 4. The molecule has 5 nitrogen and oxygen atoms in total. The molecule has 0 saturated carbocycles. The molecular weight excluding hydrogens is 220 g/mol. The van der Waals surface area contributed by atoms with Gasteiger partial charge in [0.05, 0.1) is 25.7 Å². The molecule has 2 fully saturated rings. The number of rotatable bonds is 4. The highest BCUT2D eigenvalue weighted by atomic mass is 16.7. The fourth-order valence-corrected chi connectivity index (χ4v) is 2.28. The third kappa shape index (κ3) is 3.18. The second-order valence-corrected chi connectivity index (χ2v) is 4.69. The van der Waals surface area contributed by atoms with Crippen molar-refractivity contribution in [3.8, 4) is 0 Å². The molecule has 2 aliphatic rings. The Morgan fingerprint density at radius 2 is 2.29 bits per heavy atom. The highest BCUT2D eigenvalue weighted by Crippen LogP contribution is 2.19. The van der Waals surface area contributed by atoms with Crippen LogP contribution in [0.1, 0.15) is 26.2 Å². The lowest BCUT2D eigenvalue weighted by Gasteiger charge is -2.29. The van der Waals surface area contributed by atoms with Crippen LogP contribution in [-0.4, -0.2) is 49.9 Å². The highest BCUT2D eigenvalue weighted by Gasteiger charge is 2.37. The van der Waals surface area contributed by atoms with Crippen molar-refractivity contribution in [3.05, 3.63) is 0 Å². The van der Waals surface area contributed by atoms with Crippen LogP contribution in [0.25, 0.3) is 0 Å². The highest BCUT2D eigenvalue weighted by molar-refractivity contribution is 5.79. The van der Waals surface area contributed by atoms with E-state index < -0.39 is 0 Å². The Bertz CT molecular complexity index is 254. The van der Waals surface area contributed by atoms with Crippen LogP contribution in [-0.2, 0) is 14.4 Å². The minimum Gasteiger partial charge on any atom is -0.379 e. The largest absolute Gasteiger partial charge is 0.379 e. The average Bonchev–Trinajstić information content (AvgIpc) is 2.84. The van der Waals surface area contributed by atoms with E-state index in [9.17, 15) is 4.79 Å². The Labute approximate surface area is 102 Å². The number of ether oxygens (including phenoxy) is 1. The first kappa shape index (κ1) is 12.8. The first-order valence-electron chi connectivity index (χ1n) is 6.58. The number of hydrogen-bond donors (Lipinski definition) is 1. The number of amides is 1. The van der Waals surface area contributed by atoms with E-state index in [0.717, 1.165) is 32.4 Å². The molecule has 98 valence electrons. The first-order valence-corrected chi connectivity index (χ1v) is 6.58. The molecule has 2 unspecified atom stereocenters. The van der Waals surface area contributed by atoms with Gasteiger partial charge in [0.15, 0.2) is 0 Å². The summed E-state index contributed by atoms with van der Waals surface area (Å²) >= 11 is 0. The number of carbonyl (C=O) groups is 1. The van der Waals surface area contributed by atoms with Crippen LogP contribution in [0.15, 0.2) is 0 Å². The summed E-state index contributed by atoms with van der Waals surface area (Å²) in [6, 6.07) is 0.146. The molecule has 2 saturated heterocycles. The van der Waals surface area contributed by atoms with Gasteiger partial charge in [-0.2, -0.15) is 0 Å². The van der Waals surface area contributed by atoms with Gasteiger partial charge >= 0.3 is 0 Å². The number of carbonyl (C=O) groups excluding carboxylic acids is 1. The maximum absolute atomic E-state index is 12.3. The molecule has 2 rings (SSSR count). The molecule has 2 atom stereocenters. The van der Waals surface area contributed by atoms with Gasteiger partial charge in [-0.3, -0.25) is 9.63 Å². The van der Waals surface area contributed by atoms with Crippen molar-refractivity contribution >= 4 is 5.91 Å². The number of nitrogens with one attached hydrogen (secondary N) is 1. The van der Waals surface area contributed by atoms with Gasteiger partial charge in [0.2, 0.25) is 0 Å². The van der Waals surface area contributed by atoms with Crippen LogP contribution in [0.2, 0.25) is 0 Å². The fraction of sp³-hybridized carbons (Fsp3) is 0.917. The zero-order valence-corrected chi connectivity index (χ0v) is 10.5. The summed E-state index contributed by atoms with van der Waals surface area (Å²) in [5.74, 6) is -0.00421. The van der Waals surface area contributed by atoms with E-state index in [1.165, 1.54) is 5.06 Å². The summed E-state index contributed by atoms with van der Waals surface area (Å²) in [6.07, 6.45) is 3.15. The summed E-state index contributed by atoms with van der Waals surface area (Å²) in [7, 11) is 0. The van der Waals surface area contributed by atoms with Gasteiger partial charge in [-0.15, -0.1) is 0 Å². The van der Waals surface area contributed by atoms with Crippen LogP contribution in [0, 0.1) is 5.92 Å². The maximum atomic E-state index is 12.3. The molecule has 1 N–H and O–H groups in total. The summed E-state index contributed by atoms with van der Waals surface area (Å²) in [4.78, 5) is 17.7. The smallest absolute Gasteiger partial charge is 0.253 e. The summed E-state index contributed by atoms with van der Waals surface area (Å²) in [5, 5.41) is 4.90. The van der Waals surface area contributed by atoms with Gasteiger partial charge in [-0.05, 0) is 25.8 Å². The van der Waals surface area contributed by atoms with Gasteiger partial charge in [-0.1, -0.05) is 6.92 Å². The van der Waals surface area contributed by atoms with Gasteiger partial charge < -0.3 is 10.1 Å². The Morgan fingerprint density at radius 3 is 3.00 bits per heavy atom. The predicted octanol–water partition coefficient (Wildman–Crippen LogP) is 0.555. The van der Waals surface area contributed by atoms with Crippen molar-refractivity contribution in [2.45, 2.75) is 32.2 Å². The zero-order chi connectivity index (χ0) is 12.1. The Morgan fingerprint density at radius 1 is 1.41 bits per heavy atom. The first-order chi connectivity index (χ1) is 8.33. The third-order valence-corrected chi connectivity index (χ3v) is 3.30. The Kier molecular flexibility index (Phi) is 4.76. The second kappa shape index (κ2) is 6.33. The molecule has 0 aliphatic carbocycles. The zero-order valence-electron chi connectivity index (χ0n) is 10.5. The van der Waals surface area contributed by atoms with Crippen molar-refractivity contribution in [1.29, 1.82) is 0 Å². The molecule has 17 heavy (non-hydrogen) atoms. The molecular formula is C12H22N2O3. The fourth-order valence-electron chi connectivity index (χ4n) is 2.28. The lowest BCUT2D eigenvalue weighted by Crippen LogP contribution is -2.47. The van der Waals surface area contributed by atoms with Crippen LogP contribution in [0.3, 0.4) is 0 Å².